The van der Waals surface area contributed by atoms with E-state index in [4.69, 9.17) is 4.52 Å². The fourth-order valence-electron chi connectivity index (χ4n) is 3.35. The van der Waals surface area contributed by atoms with Gasteiger partial charge in [0.1, 0.15) is 12.4 Å². The summed E-state index contributed by atoms with van der Waals surface area (Å²) >= 11 is 1.79. The highest BCUT2D eigenvalue weighted by Crippen LogP contribution is 2.16. The highest BCUT2D eigenvalue weighted by atomic mass is 32.1. The number of thiophene rings is 1. The summed E-state index contributed by atoms with van der Waals surface area (Å²) in [6.07, 6.45) is 0.764. The van der Waals surface area contributed by atoms with Gasteiger partial charge in [-0.1, -0.05) is 11.2 Å². The third-order valence-corrected chi connectivity index (χ3v) is 5.83. The van der Waals surface area contributed by atoms with Gasteiger partial charge in [-0.15, -0.1) is 11.3 Å². The maximum atomic E-state index is 13.0. The zero-order chi connectivity index (χ0) is 19.3. The maximum Gasteiger partial charge on any atom is 0.227 e. The minimum Gasteiger partial charge on any atom is -0.339 e. The summed E-state index contributed by atoms with van der Waals surface area (Å²) in [5.74, 6) is 0.648. The SMILES string of the molecule is O=C(CCc1nc(-c2ccc(F)cc2)no1)N1CC[NH+](Cc2cccs2)CC1. The maximum absolute atomic E-state index is 13.0. The van der Waals surface area contributed by atoms with E-state index in [0.29, 0.717) is 30.1 Å². The molecule has 0 unspecified atom stereocenters. The average Bonchev–Trinajstić information content (AvgIpc) is 3.39. The van der Waals surface area contributed by atoms with Crippen LogP contribution in [0.1, 0.15) is 17.2 Å². The van der Waals surface area contributed by atoms with Gasteiger partial charge in [0, 0.05) is 18.4 Å². The van der Waals surface area contributed by atoms with Gasteiger partial charge in [0.05, 0.1) is 31.1 Å². The van der Waals surface area contributed by atoms with Crippen molar-refractivity contribution < 1.29 is 18.6 Å². The molecule has 146 valence electrons. The van der Waals surface area contributed by atoms with Gasteiger partial charge < -0.3 is 14.3 Å². The Bertz CT molecular complexity index is 903. The van der Waals surface area contributed by atoms with Gasteiger partial charge in [-0.3, -0.25) is 4.79 Å². The zero-order valence-electron chi connectivity index (χ0n) is 15.4. The Balaban J connectivity index is 1.24. The molecular weight excluding hydrogens is 379 g/mol. The van der Waals surface area contributed by atoms with E-state index in [-0.39, 0.29) is 11.7 Å². The minimum absolute atomic E-state index is 0.122. The van der Waals surface area contributed by atoms with Crippen molar-refractivity contribution in [2.75, 3.05) is 26.2 Å². The first kappa shape index (κ1) is 18.8. The predicted molar refractivity (Wildman–Crippen MR) is 103 cm³/mol. The first-order valence-electron chi connectivity index (χ1n) is 9.39. The number of piperazine rings is 1. The Kier molecular flexibility index (Phi) is 5.78. The topological polar surface area (TPSA) is 63.7 Å². The lowest BCUT2D eigenvalue weighted by atomic mass is 10.2. The van der Waals surface area contributed by atoms with Crippen LogP contribution in [0.3, 0.4) is 0 Å². The van der Waals surface area contributed by atoms with E-state index in [2.05, 4.69) is 27.7 Å². The van der Waals surface area contributed by atoms with E-state index >= 15 is 0 Å². The summed E-state index contributed by atoms with van der Waals surface area (Å²) in [6.45, 7) is 4.54. The molecule has 0 bridgehead atoms. The molecular formula is C20H22FN4O2S+. The van der Waals surface area contributed by atoms with E-state index in [1.54, 1.807) is 23.5 Å². The molecule has 0 atom stereocenters. The minimum atomic E-state index is -0.310. The Morgan fingerprint density at radius 3 is 2.71 bits per heavy atom. The van der Waals surface area contributed by atoms with Crippen LogP contribution in [-0.2, 0) is 17.8 Å². The number of nitrogens with zero attached hydrogens (tertiary/aromatic N) is 3. The second kappa shape index (κ2) is 8.62. The molecule has 2 aromatic heterocycles. The quantitative estimate of drug-likeness (QED) is 0.684. The summed E-state index contributed by atoms with van der Waals surface area (Å²) in [7, 11) is 0. The molecule has 0 spiro atoms. The summed E-state index contributed by atoms with van der Waals surface area (Å²) in [5.41, 5.74) is 0.688. The van der Waals surface area contributed by atoms with E-state index in [0.717, 1.165) is 32.7 Å². The first-order chi connectivity index (χ1) is 13.7. The standard InChI is InChI=1S/C20H21FN4O2S/c21-16-5-3-15(4-6-16)20-22-18(27-23-20)7-8-19(26)25-11-9-24(10-12-25)14-17-2-1-13-28-17/h1-6,13H,7-12,14H2/p+1. The number of benzene rings is 1. The number of hydrogen-bond acceptors (Lipinski definition) is 5. The smallest absolute Gasteiger partial charge is 0.227 e. The second-order valence-corrected chi connectivity index (χ2v) is 7.94. The van der Waals surface area contributed by atoms with Crippen molar-refractivity contribution in [3.8, 4) is 11.4 Å². The molecule has 3 heterocycles. The van der Waals surface area contributed by atoms with Crippen LogP contribution < -0.4 is 4.90 Å². The van der Waals surface area contributed by atoms with E-state index in [9.17, 15) is 9.18 Å². The highest BCUT2D eigenvalue weighted by Gasteiger charge is 2.24. The lowest BCUT2D eigenvalue weighted by Crippen LogP contribution is -3.13. The Labute approximate surface area is 166 Å². The fourth-order valence-corrected chi connectivity index (χ4v) is 4.13. The molecule has 1 saturated heterocycles. The molecule has 1 aromatic carbocycles. The third kappa shape index (κ3) is 4.63. The van der Waals surface area contributed by atoms with Gasteiger partial charge in [0.2, 0.25) is 17.6 Å². The van der Waals surface area contributed by atoms with Crippen molar-refractivity contribution >= 4 is 17.2 Å². The molecule has 1 N–H and O–H groups in total. The van der Waals surface area contributed by atoms with Crippen molar-refractivity contribution in [3.05, 3.63) is 58.4 Å². The van der Waals surface area contributed by atoms with Crippen LogP contribution in [0.2, 0.25) is 0 Å². The van der Waals surface area contributed by atoms with Crippen LogP contribution in [0.4, 0.5) is 4.39 Å². The van der Waals surface area contributed by atoms with Crippen LogP contribution in [0.15, 0.2) is 46.3 Å². The summed E-state index contributed by atoms with van der Waals surface area (Å²) < 4.78 is 18.2. The Morgan fingerprint density at radius 1 is 1.21 bits per heavy atom. The van der Waals surface area contributed by atoms with Crippen molar-refractivity contribution in [1.29, 1.82) is 0 Å². The van der Waals surface area contributed by atoms with Crippen LogP contribution in [-0.4, -0.2) is 47.1 Å². The van der Waals surface area contributed by atoms with Crippen LogP contribution in [0, 0.1) is 5.82 Å². The number of amides is 1. The number of aromatic nitrogens is 2. The summed E-state index contributed by atoms with van der Waals surface area (Å²) in [5, 5.41) is 6.02. The molecule has 28 heavy (non-hydrogen) atoms. The molecule has 3 aromatic rings. The van der Waals surface area contributed by atoms with Crippen molar-refractivity contribution in [1.82, 2.24) is 15.0 Å². The zero-order valence-corrected chi connectivity index (χ0v) is 16.3. The number of nitrogens with one attached hydrogen (secondary N) is 1. The number of hydrogen-bond donors (Lipinski definition) is 1. The average molecular weight is 401 g/mol. The van der Waals surface area contributed by atoms with Gasteiger partial charge in [0.15, 0.2) is 0 Å². The number of carbonyl (C=O) groups excluding carboxylic acids is 1. The number of halogens is 1. The van der Waals surface area contributed by atoms with Crippen LogP contribution >= 0.6 is 11.3 Å². The number of quaternary nitrogens is 1. The molecule has 6 nitrogen and oxygen atoms in total. The van der Waals surface area contributed by atoms with Crippen LogP contribution in [0.5, 0.6) is 0 Å². The van der Waals surface area contributed by atoms with Gasteiger partial charge in [-0.25, -0.2) is 4.39 Å². The molecule has 1 aliphatic heterocycles. The van der Waals surface area contributed by atoms with Gasteiger partial charge in [-0.05, 0) is 35.7 Å². The van der Waals surface area contributed by atoms with Crippen molar-refractivity contribution in [2.24, 2.45) is 0 Å². The molecule has 1 aliphatic rings. The largest absolute Gasteiger partial charge is 0.339 e. The molecule has 0 aliphatic carbocycles. The first-order valence-corrected chi connectivity index (χ1v) is 10.3. The number of rotatable bonds is 6. The van der Waals surface area contributed by atoms with Crippen LogP contribution in [0.25, 0.3) is 11.4 Å². The second-order valence-electron chi connectivity index (χ2n) is 6.91. The molecule has 1 fully saturated rings. The third-order valence-electron chi connectivity index (χ3n) is 4.95. The molecule has 0 saturated carbocycles. The van der Waals surface area contributed by atoms with E-state index < -0.39 is 0 Å². The molecule has 4 rings (SSSR count). The van der Waals surface area contributed by atoms with Gasteiger partial charge in [0.25, 0.3) is 0 Å². The van der Waals surface area contributed by atoms with Crippen molar-refractivity contribution in [2.45, 2.75) is 19.4 Å². The van der Waals surface area contributed by atoms with Gasteiger partial charge >= 0.3 is 0 Å². The van der Waals surface area contributed by atoms with E-state index in [1.807, 2.05) is 4.90 Å². The van der Waals surface area contributed by atoms with E-state index in [1.165, 1.54) is 21.9 Å². The molecule has 1 amide bonds. The summed E-state index contributed by atoms with van der Waals surface area (Å²) in [4.78, 5) is 21.6. The number of carbonyl (C=O) groups is 1. The Hall–Kier alpha value is -2.58. The molecule has 0 radical (unpaired) electrons. The normalized spacial score (nSPS) is 15.1. The lowest BCUT2D eigenvalue weighted by molar-refractivity contribution is -0.917. The predicted octanol–water partition coefficient (Wildman–Crippen LogP) is 1.80. The fraction of sp³-hybridized carbons (Fsp3) is 0.350. The number of aryl methyl sites for hydroxylation is 1. The lowest BCUT2D eigenvalue weighted by Gasteiger charge is -2.32. The highest BCUT2D eigenvalue weighted by molar-refractivity contribution is 7.09. The summed E-state index contributed by atoms with van der Waals surface area (Å²) in [6, 6.07) is 10.2. The van der Waals surface area contributed by atoms with Gasteiger partial charge in [-0.2, -0.15) is 4.98 Å². The van der Waals surface area contributed by atoms with Crippen molar-refractivity contribution in [3.63, 3.8) is 0 Å². The Morgan fingerprint density at radius 2 is 2.00 bits per heavy atom. The monoisotopic (exact) mass is 401 g/mol. The molecule has 8 heteroatoms.